The van der Waals surface area contributed by atoms with Gasteiger partial charge in [0.05, 0.1) is 0 Å². The molecule has 0 atom stereocenters. The second-order valence-corrected chi connectivity index (χ2v) is 4.04. The Kier molecular flexibility index (Phi) is 3.32. The largest absolute Gasteiger partial charge is 0.398 e. The summed E-state index contributed by atoms with van der Waals surface area (Å²) < 4.78 is 1.82. The summed E-state index contributed by atoms with van der Waals surface area (Å²) in [6.07, 6.45) is 1.89. The van der Waals surface area contributed by atoms with E-state index >= 15 is 0 Å². The quantitative estimate of drug-likeness (QED) is 0.640. The number of hydrogen-bond acceptors (Lipinski definition) is 4. The number of benzene rings is 1. The van der Waals surface area contributed by atoms with Crippen LogP contribution in [0.25, 0.3) is 0 Å². The molecule has 0 saturated carbocycles. The first kappa shape index (κ1) is 12.2. The lowest BCUT2D eigenvalue weighted by molar-refractivity contribution is 0.101. The highest BCUT2D eigenvalue weighted by Crippen LogP contribution is 2.21. The standard InChI is InChI=1S/C13H16N4O/c1-3-17-7-6-13(16-17)15-10-4-5-12(14)11(8-10)9(2)18/h4-8H,3,14H2,1-2H3,(H,15,16). The SMILES string of the molecule is CCn1ccc(Nc2ccc(N)c(C(C)=O)c2)n1. The predicted molar refractivity (Wildman–Crippen MR) is 72.0 cm³/mol. The van der Waals surface area contributed by atoms with E-state index in [1.807, 2.05) is 29.9 Å². The Labute approximate surface area is 106 Å². The van der Waals surface area contributed by atoms with Crippen LogP contribution in [0.15, 0.2) is 30.5 Å². The lowest BCUT2D eigenvalue weighted by Crippen LogP contribution is -2.01. The van der Waals surface area contributed by atoms with Crippen molar-refractivity contribution in [1.29, 1.82) is 0 Å². The number of nitrogens with one attached hydrogen (secondary N) is 1. The molecule has 0 bridgehead atoms. The highest BCUT2D eigenvalue weighted by Gasteiger charge is 2.06. The van der Waals surface area contributed by atoms with E-state index in [-0.39, 0.29) is 5.78 Å². The predicted octanol–water partition coefficient (Wildman–Crippen LogP) is 2.43. The van der Waals surface area contributed by atoms with E-state index in [1.54, 1.807) is 12.1 Å². The first-order valence-corrected chi connectivity index (χ1v) is 5.81. The molecule has 0 aliphatic rings. The van der Waals surface area contributed by atoms with Gasteiger partial charge in [-0.1, -0.05) is 0 Å². The number of carbonyl (C=O) groups is 1. The Bertz CT molecular complexity index is 574. The minimum Gasteiger partial charge on any atom is -0.398 e. The Morgan fingerprint density at radius 3 is 2.83 bits per heavy atom. The van der Waals surface area contributed by atoms with Gasteiger partial charge in [0.15, 0.2) is 11.6 Å². The van der Waals surface area contributed by atoms with Crippen molar-refractivity contribution in [3.05, 3.63) is 36.0 Å². The first-order chi connectivity index (χ1) is 8.60. The lowest BCUT2D eigenvalue weighted by atomic mass is 10.1. The third-order valence-corrected chi connectivity index (χ3v) is 2.67. The second-order valence-electron chi connectivity index (χ2n) is 4.04. The van der Waals surface area contributed by atoms with Crippen molar-refractivity contribution in [2.45, 2.75) is 20.4 Å². The molecule has 0 amide bonds. The van der Waals surface area contributed by atoms with Crippen LogP contribution in [0, 0.1) is 0 Å². The van der Waals surface area contributed by atoms with E-state index in [4.69, 9.17) is 5.73 Å². The number of hydrogen-bond donors (Lipinski definition) is 2. The van der Waals surface area contributed by atoms with Crippen LogP contribution < -0.4 is 11.1 Å². The monoisotopic (exact) mass is 244 g/mol. The normalized spacial score (nSPS) is 10.3. The maximum absolute atomic E-state index is 11.4. The van der Waals surface area contributed by atoms with Crippen LogP contribution >= 0.6 is 0 Å². The zero-order chi connectivity index (χ0) is 13.1. The van der Waals surface area contributed by atoms with E-state index < -0.39 is 0 Å². The Morgan fingerprint density at radius 2 is 2.22 bits per heavy atom. The fraction of sp³-hybridized carbons (Fsp3) is 0.231. The number of nitrogens with zero attached hydrogens (tertiary/aromatic N) is 2. The van der Waals surface area contributed by atoms with Gasteiger partial charge in [0.1, 0.15) is 0 Å². The van der Waals surface area contributed by atoms with Crippen molar-refractivity contribution >= 4 is 23.0 Å². The van der Waals surface area contributed by atoms with Crippen LogP contribution in [-0.4, -0.2) is 15.6 Å². The summed E-state index contributed by atoms with van der Waals surface area (Å²) in [6.45, 7) is 4.34. The number of anilines is 3. The van der Waals surface area contributed by atoms with Crippen LogP contribution in [0.4, 0.5) is 17.2 Å². The average Bonchev–Trinajstić information content (AvgIpc) is 2.79. The Morgan fingerprint density at radius 1 is 1.44 bits per heavy atom. The maximum atomic E-state index is 11.4. The van der Waals surface area contributed by atoms with Crippen molar-refractivity contribution in [2.75, 3.05) is 11.1 Å². The molecule has 1 aromatic carbocycles. The zero-order valence-electron chi connectivity index (χ0n) is 10.5. The van der Waals surface area contributed by atoms with Crippen LogP contribution in [0.5, 0.6) is 0 Å². The van der Waals surface area contributed by atoms with E-state index in [9.17, 15) is 4.79 Å². The Hall–Kier alpha value is -2.30. The summed E-state index contributed by atoms with van der Waals surface area (Å²) in [5, 5.41) is 7.45. The van der Waals surface area contributed by atoms with Gasteiger partial charge in [-0.3, -0.25) is 9.48 Å². The number of Topliss-reactive ketones (excluding diaryl/α,β-unsaturated/α-hetero) is 1. The summed E-state index contributed by atoms with van der Waals surface area (Å²) in [4.78, 5) is 11.4. The van der Waals surface area contributed by atoms with E-state index in [2.05, 4.69) is 10.4 Å². The van der Waals surface area contributed by atoms with Gasteiger partial charge in [0, 0.05) is 35.7 Å². The number of nitrogen functional groups attached to an aromatic ring is 1. The second kappa shape index (κ2) is 4.91. The molecule has 0 unspecified atom stereocenters. The first-order valence-electron chi connectivity index (χ1n) is 5.81. The smallest absolute Gasteiger partial charge is 0.161 e. The molecule has 5 heteroatoms. The number of rotatable bonds is 4. The Balaban J connectivity index is 2.24. The van der Waals surface area contributed by atoms with E-state index in [0.717, 1.165) is 18.1 Å². The molecule has 0 radical (unpaired) electrons. The maximum Gasteiger partial charge on any atom is 0.161 e. The van der Waals surface area contributed by atoms with Crippen molar-refractivity contribution in [3.63, 3.8) is 0 Å². The number of ketones is 1. The molecule has 1 aromatic heterocycles. The molecule has 3 N–H and O–H groups in total. The zero-order valence-corrected chi connectivity index (χ0v) is 10.5. The molecule has 2 aromatic rings. The third-order valence-electron chi connectivity index (χ3n) is 2.67. The van der Waals surface area contributed by atoms with Crippen molar-refractivity contribution in [1.82, 2.24) is 9.78 Å². The van der Waals surface area contributed by atoms with Crippen LogP contribution in [-0.2, 0) is 6.54 Å². The van der Waals surface area contributed by atoms with Crippen molar-refractivity contribution < 1.29 is 4.79 Å². The van der Waals surface area contributed by atoms with Crippen LogP contribution in [0.1, 0.15) is 24.2 Å². The molecular weight excluding hydrogens is 228 g/mol. The fourth-order valence-electron chi connectivity index (χ4n) is 1.69. The van der Waals surface area contributed by atoms with Crippen molar-refractivity contribution in [3.8, 4) is 0 Å². The minimum atomic E-state index is -0.0461. The van der Waals surface area contributed by atoms with Crippen LogP contribution in [0.3, 0.4) is 0 Å². The molecule has 5 nitrogen and oxygen atoms in total. The molecule has 2 rings (SSSR count). The van der Waals surface area contributed by atoms with E-state index in [1.165, 1.54) is 6.92 Å². The van der Waals surface area contributed by atoms with Gasteiger partial charge in [-0.25, -0.2) is 0 Å². The van der Waals surface area contributed by atoms with Crippen LogP contribution in [0.2, 0.25) is 0 Å². The molecular formula is C13H16N4O. The summed E-state index contributed by atoms with van der Waals surface area (Å²) >= 11 is 0. The molecule has 0 aliphatic heterocycles. The minimum absolute atomic E-state index is 0.0461. The fourth-order valence-corrected chi connectivity index (χ4v) is 1.69. The van der Waals surface area contributed by atoms with Gasteiger partial charge in [-0.15, -0.1) is 0 Å². The van der Waals surface area contributed by atoms with Gasteiger partial charge in [0.25, 0.3) is 0 Å². The lowest BCUT2D eigenvalue weighted by Gasteiger charge is -2.07. The highest BCUT2D eigenvalue weighted by atomic mass is 16.1. The van der Waals surface area contributed by atoms with Gasteiger partial charge in [-0.2, -0.15) is 5.10 Å². The summed E-state index contributed by atoms with van der Waals surface area (Å²) in [5.41, 5.74) is 7.56. The van der Waals surface area contributed by atoms with Gasteiger partial charge < -0.3 is 11.1 Å². The molecule has 1 heterocycles. The van der Waals surface area contributed by atoms with Gasteiger partial charge >= 0.3 is 0 Å². The van der Waals surface area contributed by atoms with Gasteiger partial charge in [0.2, 0.25) is 0 Å². The molecule has 0 aliphatic carbocycles. The number of carbonyl (C=O) groups excluding carboxylic acids is 1. The number of nitrogens with two attached hydrogens (primary N) is 1. The number of aromatic nitrogens is 2. The highest BCUT2D eigenvalue weighted by molar-refractivity contribution is 6.00. The molecule has 0 fully saturated rings. The van der Waals surface area contributed by atoms with Gasteiger partial charge in [-0.05, 0) is 32.0 Å². The molecule has 18 heavy (non-hydrogen) atoms. The van der Waals surface area contributed by atoms with E-state index in [0.29, 0.717) is 11.3 Å². The third kappa shape index (κ3) is 2.51. The summed E-state index contributed by atoms with van der Waals surface area (Å²) in [6, 6.07) is 7.17. The topological polar surface area (TPSA) is 72.9 Å². The number of aryl methyl sites for hydroxylation is 1. The molecule has 0 saturated heterocycles. The average molecular weight is 244 g/mol. The molecule has 94 valence electrons. The summed E-state index contributed by atoms with van der Waals surface area (Å²) in [5.74, 6) is 0.700. The molecule has 0 spiro atoms. The van der Waals surface area contributed by atoms with Crippen molar-refractivity contribution in [2.24, 2.45) is 0 Å². The summed E-state index contributed by atoms with van der Waals surface area (Å²) in [7, 11) is 0.